The number of anilines is 1. The average molecular weight is 449 g/mol. The van der Waals surface area contributed by atoms with Gasteiger partial charge in [0.1, 0.15) is 0 Å². The number of hydrogen-bond acceptors (Lipinski definition) is 2. The van der Waals surface area contributed by atoms with Crippen LogP contribution in [0.15, 0.2) is 54.9 Å². The highest BCUT2D eigenvalue weighted by molar-refractivity contribution is 6.04. The van der Waals surface area contributed by atoms with Gasteiger partial charge in [0.2, 0.25) is 0 Å². The summed E-state index contributed by atoms with van der Waals surface area (Å²) >= 11 is 0. The van der Waals surface area contributed by atoms with Crippen LogP contribution in [-0.4, -0.2) is 15.5 Å². The Morgan fingerprint density at radius 1 is 1.00 bits per heavy atom. The highest BCUT2D eigenvalue weighted by Gasteiger charge is 2.34. The van der Waals surface area contributed by atoms with Gasteiger partial charge in [-0.25, -0.2) is 18.2 Å². The lowest BCUT2D eigenvalue weighted by Gasteiger charge is -2.15. The molecule has 1 N–H and O–H groups in total. The number of amides is 1. The predicted molar refractivity (Wildman–Crippen MR) is 105 cm³/mol. The van der Waals surface area contributed by atoms with Gasteiger partial charge in [-0.05, 0) is 47.5 Å². The number of aryl methyl sites for hydroxylation is 1. The largest absolute Gasteiger partial charge is 0.417 e. The molecule has 1 heterocycles. The Morgan fingerprint density at radius 3 is 2.34 bits per heavy atom. The molecule has 1 amide bonds. The van der Waals surface area contributed by atoms with E-state index in [1.165, 1.54) is 41.2 Å². The fourth-order valence-electron chi connectivity index (χ4n) is 3.30. The van der Waals surface area contributed by atoms with Crippen molar-refractivity contribution in [1.82, 2.24) is 9.55 Å². The van der Waals surface area contributed by atoms with Gasteiger partial charge in [0.25, 0.3) is 5.91 Å². The topological polar surface area (TPSA) is 46.9 Å². The summed E-state index contributed by atoms with van der Waals surface area (Å²) in [5, 5.41) is 2.35. The molecule has 0 aliphatic rings. The number of carbonyl (C=O) groups excluding carboxylic acids is 1. The number of alkyl halides is 3. The van der Waals surface area contributed by atoms with Crippen LogP contribution < -0.4 is 5.32 Å². The number of benzene rings is 3. The molecule has 10 heteroatoms. The second-order valence-corrected chi connectivity index (χ2v) is 7.03. The van der Waals surface area contributed by atoms with E-state index in [0.717, 1.165) is 6.07 Å². The second kappa shape index (κ2) is 7.70. The summed E-state index contributed by atoms with van der Waals surface area (Å²) < 4.78 is 82.6. The number of halogens is 6. The van der Waals surface area contributed by atoms with Crippen molar-refractivity contribution in [3.05, 3.63) is 83.4 Å². The molecule has 0 bridgehead atoms. The van der Waals surface area contributed by atoms with Gasteiger partial charge in [-0.15, -0.1) is 0 Å². The van der Waals surface area contributed by atoms with Crippen LogP contribution in [0.4, 0.5) is 32.0 Å². The van der Waals surface area contributed by atoms with Gasteiger partial charge >= 0.3 is 6.18 Å². The van der Waals surface area contributed by atoms with Gasteiger partial charge in [0, 0.05) is 18.3 Å². The fraction of sp³-hybridized carbons (Fsp3) is 0.0909. The third kappa shape index (κ3) is 3.91. The van der Waals surface area contributed by atoms with Crippen LogP contribution in [0.5, 0.6) is 0 Å². The first-order valence-electron chi connectivity index (χ1n) is 9.13. The van der Waals surface area contributed by atoms with E-state index in [2.05, 4.69) is 10.3 Å². The highest BCUT2D eigenvalue weighted by atomic mass is 19.4. The molecule has 3 aromatic carbocycles. The molecule has 0 aliphatic carbocycles. The Kier molecular flexibility index (Phi) is 5.15. The van der Waals surface area contributed by atoms with Crippen molar-refractivity contribution in [2.45, 2.75) is 6.18 Å². The van der Waals surface area contributed by atoms with Crippen molar-refractivity contribution in [2.24, 2.45) is 7.05 Å². The van der Waals surface area contributed by atoms with Gasteiger partial charge in [-0.1, -0.05) is 12.1 Å². The predicted octanol–water partition coefficient (Wildman–Crippen LogP) is 5.93. The number of fused-ring (bicyclic) bond motifs is 1. The van der Waals surface area contributed by atoms with Crippen LogP contribution in [0.3, 0.4) is 0 Å². The number of hydrogen-bond donors (Lipinski definition) is 1. The van der Waals surface area contributed by atoms with Crippen molar-refractivity contribution < 1.29 is 31.1 Å². The lowest BCUT2D eigenvalue weighted by atomic mass is 9.98. The van der Waals surface area contributed by atoms with Crippen molar-refractivity contribution in [1.29, 1.82) is 0 Å². The van der Waals surface area contributed by atoms with E-state index in [1.54, 1.807) is 7.05 Å². The molecule has 0 fully saturated rings. The molecule has 4 aromatic rings. The van der Waals surface area contributed by atoms with Gasteiger partial charge < -0.3 is 9.88 Å². The molecule has 0 saturated carbocycles. The number of nitrogens with one attached hydrogen (secondary N) is 1. The first-order valence-corrected chi connectivity index (χ1v) is 9.13. The Labute approximate surface area is 177 Å². The Morgan fingerprint density at radius 2 is 1.69 bits per heavy atom. The molecule has 0 saturated heterocycles. The summed E-state index contributed by atoms with van der Waals surface area (Å²) in [5.41, 5.74) is -0.671. The number of carbonyl (C=O) groups is 1. The Balaban J connectivity index is 1.73. The normalized spacial score (nSPS) is 11.7. The van der Waals surface area contributed by atoms with Crippen LogP contribution >= 0.6 is 0 Å². The standard InChI is InChI=1S/C22H13F6N3O/c1-31-10-29-18-8-14(15(9-19(18)31)22(26,27)28)11-3-2-4-13(5-11)30-21(32)12-6-16(23)20(25)17(24)7-12/h2-10H,1H3,(H,30,32). The summed E-state index contributed by atoms with van der Waals surface area (Å²) in [5.74, 6) is -5.76. The first-order chi connectivity index (χ1) is 15.0. The first kappa shape index (κ1) is 21.4. The quantitative estimate of drug-likeness (QED) is 0.311. The molecule has 0 aliphatic heterocycles. The molecule has 32 heavy (non-hydrogen) atoms. The van der Waals surface area contributed by atoms with Crippen molar-refractivity contribution in [2.75, 3.05) is 5.32 Å². The van der Waals surface area contributed by atoms with E-state index in [1.807, 2.05) is 0 Å². The van der Waals surface area contributed by atoms with E-state index >= 15 is 0 Å². The summed E-state index contributed by atoms with van der Waals surface area (Å²) in [4.78, 5) is 16.4. The van der Waals surface area contributed by atoms with Crippen LogP contribution in [0.25, 0.3) is 22.2 Å². The summed E-state index contributed by atoms with van der Waals surface area (Å²) in [6, 6.07) is 8.85. The third-order valence-corrected chi connectivity index (χ3v) is 4.85. The Bertz CT molecular complexity index is 1340. The number of nitrogens with zero attached hydrogens (tertiary/aromatic N) is 2. The zero-order valence-electron chi connectivity index (χ0n) is 16.3. The summed E-state index contributed by atoms with van der Waals surface area (Å²) in [7, 11) is 1.58. The maximum atomic E-state index is 13.7. The maximum Gasteiger partial charge on any atom is 0.417 e. The molecule has 0 radical (unpaired) electrons. The molecule has 4 nitrogen and oxygen atoms in total. The number of rotatable bonds is 3. The zero-order chi connectivity index (χ0) is 23.2. The molecule has 1 aromatic heterocycles. The van der Waals surface area contributed by atoms with Crippen molar-refractivity contribution >= 4 is 22.6 Å². The van der Waals surface area contributed by atoms with E-state index in [4.69, 9.17) is 0 Å². The van der Waals surface area contributed by atoms with Crippen LogP contribution in [0.2, 0.25) is 0 Å². The number of imidazole rings is 1. The minimum Gasteiger partial charge on any atom is -0.334 e. The lowest BCUT2D eigenvalue weighted by Crippen LogP contribution is -2.13. The zero-order valence-corrected chi connectivity index (χ0v) is 16.3. The lowest BCUT2D eigenvalue weighted by molar-refractivity contribution is -0.137. The van der Waals surface area contributed by atoms with Crippen LogP contribution in [-0.2, 0) is 13.2 Å². The van der Waals surface area contributed by atoms with E-state index < -0.39 is 40.7 Å². The van der Waals surface area contributed by atoms with E-state index in [0.29, 0.717) is 23.2 Å². The van der Waals surface area contributed by atoms with Crippen LogP contribution in [0, 0.1) is 17.5 Å². The number of aromatic nitrogens is 2. The van der Waals surface area contributed by atoms with Crippen molar-refractivity contribution in [3.63, 3.8) is 0 Å². The van der Waals surface area contributed by atoms with E-state index in [-0.39, 0.29) is 16.8 Å². The molecule has 164 valence electrons. The molecule has 0 spiro atoms. The van der Waals surface area contributed by atoms with Gasteiger partial charge in [-0.3, -0.25) is 4.79 Å². The van der Waals surface area contributed by atoms with Gasteiger partial charge in [-0.2, -0.15) is 13.2 Å². The third-order valence-electron chi connectivity index (χ3n) is 4.85. The highest BCUT2D eigenvalue weighted by Crippen LogP contribution is 2.39. The molecule has 0 unspecified atom stereocenters. The van der Waals surface area contributed by atoms with Crippen LogP contribution in [0.1, 0.15) is 15.9 Å². The SMILES string of the molecule is Cn1cnc2cc(-c3cccc(NC(=O)c4cc(F)c(F)c(F)c4)c3)c(C(F)(F)F)cc21. The minimum atomic E-state index is -4.66. The average Bonchev–Trinajstić information content (AvgIpc) is 3.10. The Hall–Kier alpha value is -3.82. The molecule has 4 rings (SSSR count). The van der Waals surface area contributed by atoms with Gasteiger partial charge in [0.05, 0.1) is 22.9 Å². The smallest absolute Gasteiger partial charge is 0.334 e. The molecule has 0 atom stereocenters. The molecular weight excluding hydrogens is 436 g/mol. The van der Waals surface area contributed by atoms with Crippen molar-refractivity contribution in [3.8, 4) is 11.1 Å². The summed E-state index contributed by atoms with van der Waals surface area (Å²) in [6.45, 7) is 0. The monoisotopic (exact) mass is 449 g/mol. The maximum absolute atomic E-state index is 13.7. The molecular formula is C22H13F6N3O. The van der Waals surface area contributed by atoms with Gasteiger partial charge in [0.15, 0.2) is 17.5 Å². The second-order valence-electron chi connectivity index (χ2n) is 7.03. The summed E-state index contributed by atoms with van der Waals surface area (Å²) in [6.07, 6.45) is -3.26. The minimum absolute atomic E-state index is 0.0758. The fourth-order valence-corrected chi connectivity index (χ4v) is 3.30. The van der Waals surface area contributed by atoms with E-state index in [9.17, 15) is 31.1 Å².